The molecule has 0 atom stereocenters. The number of nitrogens with one attached hydrogen (secondary N) is 2. The highest BCUT2D eigenvalue weighted by atomic mass is 32.1. The van der Waals surface area contributed by atoms with Crippen molar-refractivity contribution < 1.29 is 9.53 Å². The molecule has 5 aromatic rings. The lowest BCUT2D eigenvalue weighted by Gasteiger charge is -2.07. The Bertz CT molecular complexity index is 1490. The molecule has 1 amide bonds. The number of benzene rings is 3. The van der Waals surface area contributed by atoms with E-state index >= 15 is 0 Å². The van der Waals surface area contributed by atoms with Crippen molar-refractivity contribution in [2.24, 2.45) is 0 Å². The van der Waals surface area contributed by atoms with Crippen molar-refractivity contribution in [1.82, 2.24) is 14.6 Å². The van der Waals surface area contributed by atoms with Crippen LogP contribution in [0.25, 0.3) is 15.9 Å². The topological polar surface area (TPSA) is 97.6 Å². The summed E-state index contributed by atoms with van der Waals surface area (Å²) in [7, 11) is 1.59. The van der Waals surface area contributed by atoms with E-state index in [9.17, 15) is 9.59 Å². The molecule has 2 heterocycles. The molecule has 0 unspecified atom stereocenters. The van der Waals surface area contributed by atoms with Crippen LogP contribution in [0, 0.1) is 0 Å². The fourth-order valence-corrected chi connectivity index (χ4v) is 4.03. The van der Waals surface area contributed by atoms with Crippen molar-refractivity contribution >= 4 is 49.6 Å². The normalized spacial score (nSPS) is 10.9. The molecule has 0 aliphatic rings. The zero-order valence-corrected chi connectivity index (χ0v) is 17.7. The standard InChI is InChI=1S/C23H17N5O3S/c1-31-17-12-10-15(11-13-17)24-20(29)14-6-8-16(9-7-14)25-22-27-28-21(30)18-4-2-3-5-19(18)26-23(28)32-22/h2-13H,1H3,(H,24,29)(H,25,27). The molecule has 0 radical (unpaired) electrons. The third-order valence-electron chi connectivity index (χ3n) is 4.85. The van der Waals surface area contributed by atoms with Crippen molar-refractivity contribution in [2.45, 2.75) is 0 Å². The quantitative estimate of drug-likeness (QED) is 0.420. The molecule has 0 fully saturated rings. The molecule has 9 heteroatoms. The zero-order chi connectivity index (χ0) is 22.1. The average Bonchev–Trinajstić information content (AvgIpc) is 3.23. The predicted octanol–water partition coefficient (Wildman–Crippen LogP) is 4.31. The Morgan fingerprint density at radius 3 is 2.44 bits per heavy atom. The molecule has 3 aromatic carbocycles. The number of aromatic nitrogens is 3. The van der Waals surface area contributed by atoms with E-state index in [1.54, 1.807) is 73.8 Å². The maximum Gasteiger partial charge on any atom is 0.283 e. The van der Waals surface area contributed by atoms with Gasteiger partial charge in [-0.25, -0.2) is 4.98 Å². The number of hydrogen-bond acceptors (Lipinski definition) is 7. The molecular weight excluding hydrogens is 426 g/mol. The molecule has 2 N–H and O–H groups in total. The Kier molecular flexibility index (Phi) is 5.00. The SMILES string of the molecule is COc1ccc(NC(=O)c2ccc(Nc3nn4c(=O)c5ccccc5nc4s3)cc2)cc1. The first-order chi connectivity index (χ1) is 15.6. The van der Waals surface area contributed by atoms with E-state index in [2.05, 4.69) is 20.7 Å². The van der Waals surface area contributed by atoms with Crippen LogP contribution in [0.4, 0.5) is 16.5 Å². The highest BCUT2D eigenvalue weighted by Gasteiger charge is 2.11. The smallest absolute Gasteiger partial charge is 0.283 e. The van der Waals surface area contributed by atoms with Gasteiger partial charge in [0.1, 0.15) is 5.75 Å². The molecule has 158 valence electrons. The third kappa shape index (κ3) is 3.77. The second-order valence-corrected chi connectivity index (χ2v) is 7.88. The summed E-state index contributed by atoms with van der Waals surface area (Å²) in [6, 6.07) is 21.3. The van der Waals surface area contributed by atoms with Crippen LogP contribution in [0.2, 0.25) is 0 Å². The van der Waals surface area contributed by atoms with Crippen LogP contribution in [0.1, 0.15) is 10.4 Å². The number of para-hydroxylation sites is 1. The molecule has 32 heavy (non-hydrogen) atoms. The molecule has 0 aliphatic heterocycles. The van der Waals surface area contributed by atoms with Gasteiger partial charge in [0, 0.05) is 16.9 Å². The van der Waals surface area contributed by atoms with Crippen LogP contribution in [-0.4, -0.2) is 27.6 Å². The number of amides is 1. The summed E-state index contributed by atoms with van der Waals surface area (Å²) in [6.45, 7) is 0. The van der Waals surface area contributed by atoms with Crippen LogP contribution >= 0.6 is 11.3 Å². The van der Waals surface area contributed by atoms with Gasteiger partial charge in [-0.2, -0.15) is 4.52 Å². The van der Waals surface area contributed by atoms with Gasteiger partial charge in [-0.15, -0.1) is 5.10 Å². The van der Waals surface area contributed by atoms with Gasteiger partial charge in [-0.3, -0.25) is 9.59 Å². The molecule has 0 spiro atoms. The van der Waals surface area contributed by atoms with Gasteiger partial charge in [-0.05, 0) is 60.7 Å². The first kappa shape index (κ1) is 19.7. The van der Waals surface area contributed by atoms with Crippen molar-refractivity contribution in [2.75, 3.05) is 17.7 Å². The van der Waals surface area contributed by atoms with E-state index < -0.39 is 0 Å². The highest BCUT2D eigenvalue weighted by Crippen LogP contribution is 2.23. The number of methoxy groups -OCH3 is 1. The van der Waals surface area contributed by atoms with Crippen molar-refractivity contribution in [1.29, 1.82) is 0 Å². The summed E-state index contributed by atoms with van der Waals surface area (Å²) < 4.78 is 6.42. The predicted molar refractivity (Wildman–Crippen MR) is 125 cm³/mol. The lowest BCUT2D eigenvalue weighted by Crippen LogP contribution is -2.15. The Labute approximate surface area is 186 Å². The number of rotatable bonds is 5. The molecule has 2 aromatic heterocycles. The largest absolute Gasteiger partial charge is 0.497 e. The monoisotopic (exact) mass is 443 g/mol. The van der Waals surface area contributed by atoms with E-state index in [0.29, 0.717) is 32.2 Å². The second kappa shape index (κ2) is 8.12. The molecule has 0 bridgehead atoms. The van der Waals surface area contributed by atoms with Gasteiger partial charge >= 0.3 is 0 Å². The number of carbonyl (C=O) groups excluding carboxylic acids is 1. The van der Waals surface area contributed by atoms with Gasteiger partial charge in [0.15, 0.2) is 0 Å². The Balaban J connectivity index is 1.33. The van der Waals surface area contributed by atoms with Crippen LogP contribution in [0.15, 0.2) is 77.6 Å². The first-order valence-electron chi connectivity index (χ1n) is 9.72. The van der Waals surface area contributed by atoms with Gasteiger partial charge in [-0.1, -0.05) is 23.5 Å². The minimum atomic E-state index is -0.218. The summed E-state index contributed by atoms with van der Waals surface area (Å²) >= 11 is 1.28. The zero-order valence-electron chi connectivity index (χ0n) is 16.9. The average molecular weight is 443 g/mol. The maximum absolute atomic E-state index is 12.6. The Morgan fingerprint density at radius 1 is 0.969 bits per heavy atom. The molecule has 5 rings (SSSR count). The summed E-state index contributed by atoms with van der Waals surface area (Å²) in [5.41, 5.74) is 2.36. The van der Waals surface area contributed by atoms with Gasteiger partial charge in [0.25, 0.3) is 11.5 Å². The number of anilines is 3. The highest BCUT2D eigenvalue weighted by molar-refractivity contribution is 7.20. The summed E-state index contributed by atoms with van der Waals surface area (Å²) in [5, 5.41) is 11.4. The third-order valence-corrected chi connectivity index (χ3v) is 5.67. The lowest BCUT2D eigenvalue weighted by molar-refractivity contribution is 0.102. The van der Waals surface area contributed by atoms with Gasteiger partial charge in [0.2, 0.25) is 10.1 Å². The molecule has 8 nitrogen and oxygen atoms in total. The van der Waals surface area contributed by atoms with Crippen molar-refractivity contribution in [3.8, 4) is 5.75 Å². The molecule has 0 aliphatic carbocycles. The van der Waals surface area contributed by atoms with E-state index in [1.807, 2.05) is 6.07 Å². The lowest BCUT2D eigenvalue weighted by atomic mass is 10.2. The Morgan fingerprint density at radius 2 is 1.69 bits per heavy atom. The minimum Gasteiger partial charge on any atom is -0.497 e. The van der Waals surface area contributed by atoms with Gasteiger partial charge in [0.05, 0.1) is 18.0 Å². The summed E-state index contributed by atoms with van der Waals surface area (Å²) in [5.74, 6) is 0.503. The number of carbonyl (C=O) groups is 1. The first-order valence-corrected chi connectivity index (χ1v) is 10.5. The number of hydrogen-bond donors (Lipinski definition) is 2. The summed E-state index contributed by atoms with van der Waals surface area (Å²) in [6.07, 6.45) is 0. The Hall–Kier alpha value is -4.24. The number of ether oxygens (including phenoxy) is 1. The van der Waals surface area contributed by atoms with E-state index in [0.717, 1.165) is 11.4 Å². The fraction of sp³-hybridized carbons (Fsp3) is 0.0435. The minimum absolute atomic E-state index is 0.208. The van der Waals surface area contributed by atoms with Crippen LogP contribution < -0.4 is 20.9 Å². The van der Waals surface area contributed by atoms with Crippen LogP contribution in [0.3, 0.4) is 0 Å². The molecule has 0 saturated heterocycles. The van der Waals surface area contributed by atoms with Crippen molar-refractivity contribution in [3.63, 3.8) is 0 Å². The molecular formula is C23H17N5O3S. The van der Waals surface area contributed by atoms with E-state index in [-0.39, 0.29) is 11.5 Å². The van der Waals surface area contributed by atoms with Crippen LogP contribution in [-0.2, 0) is 0 Å². The van der Waals surface area contributed by atoms with Crippen LogP contribution in [0.5, 0.6) is 5.75 Å². The van der Waals surface area contributed by atoms with Crippen molar-refractivity contribution in [3.05, 3.63) is 88.7 Å². The van der Waals surface area contributed by atoms with E-state index in [1.165, 1.54) is 15.9 Å². The van der Waals surface area contributed by atoms with E-state index in [4.69, 9.17) is 4.74 Å². The number of fused-ring (bicyclic) bond motifs is 2. The summed E-state index contributed by atoms with van der Waals surface area (Å²) in [4.78, 5) is 30.1. The van der Waals surface area contributed by atoms with Gasteiger partial charge < -0.3 is 15.4 Å². The molecule has 0 saturated carbocycles. The maximum atomic E-state index is 12.6. The number of nitrogens with zero attached hydrogens (tertiary/aromatic N) is 3. The fourth-order valence-electron chi connectivity index (χ4n) is 3.21. The second-order valence-electron chi connectivity index (χ2n) is 6.92.